The number of aliphatic hydroxyl groups excluding tert-OH is 1. The number of rotatable bonds is 2. The zero-order chi connectivity index (χ0) is 16.8. The van der Waals surface area contributed by atoms with Gasteiger partial charge in [0.15, 0.2) is 0 Å². The number of carbonyl (C=O) groups excluding carboxylic acids is 1. The lowest BCUT2D eigenvalue weighted by molar-refractivity contribution is -0.150. The first kappa shape index (κ1) is 15.6. The fourth-order valence-corrected chi connectivity index (χ4v) is 4.73. The van der Waals surface area contributed by atoms with Gasteiger partial charge in [0.25, 0.3) is 0 Å². The molecule has 2 bridgehead atoms. The van der Waals surface area contributed by atoms with Crippen LogP contribution in [-0.2, 0) is 9.53 Å². The summed E-state index contributed by atoms with van der Waals surface area (Å²) in [5.74, 6) is -0.308. The maximum atomic E-state index is 12.5. The first-order valence-corrected chi connectivity index (χ1v) is 8.56. The molecule has 4 nitrogen and oxygen atoms in total. The molecule has 2 aromatic rings. The van der Waals surface area contributed by atoms with E-state index in [1.165, 1.54) is 23.4 Å². The Hall–Kier alpha value is -1.91. The van der Waals surface area contributed by atoms with E-state index in [9.17, 15) is 9.90 Å². The van der Waals surface area contributed by atoms with E-state index >= 15 is 0 Å². The minimum atomic E-state index is -0.363. The fraction of sp³-hybridized carbons (Fsp3) is 0.450. The van der Waals surface area contributed by atoms with Crippen molar-refractivity contribution < 1.29 is 14.6 Å². The third kappa shape index (κ3) is 2.33. The molecule has 2 aliphatic rings. The summed E-state index contributed by atoms with van der Waals surface area (Å²) in [6, 6.07) is 14.9. The van der Waals surface area contributed by atoms with E-state index in [2.05, 4.69) is 35.2 Å². The highest BCUT2D eigenvalue weighted by Gasteiger charge is 2.53. The summed E-state index contributed by atoms with van der Waals surface area (Å²) in [4.78, 5) is 14.7. The fourth-order valence-electron chi connectivity index (χ4n) is 4.73. The zero-order valence-corrected chi connectivity index (χ0v) is 14.1. The second-order valence-corrected chi connectivity index (χ2v) is 7.10. The Bertz CT molecular complexity index is 774. The number of carbonyl (C=O) groups is 1. The monoisotopic (exact) mass is 325 g/mol. The average molecular weight is 325 g/mol. The number of likely N-dealkylation sites (N-methyl/N-ethyl adjacent to an activating group) is 1. The van der Waals surface area contributed by atoms with Crippen molar-refractivity contribution in [3.63, 3.8) is 0 Å². The lowest BCUT2D eigenvalue weighted by Crippen LogP contribution is -2.49. The molecule has 2 aliphatic heterocycles. The highest BCUT2D eigenvalue weighted by atomic mass is 16.5. The van der Waals surface area contributed by atoms with Gasteiger partial charge < -0.3 is 9.84 Å². The first-order chi connectivity index (χ1) is 11.6. The van der Waals surface area contributed by atoms with E-state index < -0.39 is 0 Å². The van der Waals surface area contributed by atoms with E-state index in [-0.39, 0.29) is 36.0 Å². The van der Waals surface area contributed by atoms with Crippen LogP contribution in [0.3, 0.4) is 0 Å². The van der Waals surface area contributed by atoms with Crippen molar-refractivity contribution in [1.29, 1.82) is 0 Å². The summed E-state index contributed by atoms with van der Waals surface area (Å²) in [7, 11) is 3.47. The number of hydrogen-bond acceptors (Lipinski definition) is 4. The third-order valence-corrected chi connectivity index (χ3v) is 5.99. The Kier molecular flexibility index (Phi) is 3.82. The van der Waals surface area contributed by atoms with E-state index in [1.54, 1.807) is 0 Å². The van der Waals surface area contributed by atoms with Gasteiger partial charge in [0.1, 0.15) is 0 Å². The van der Waals surface area contributed by atoms with Crippen molar-refractivity contribution in [1.82, 2.24) is 4.90 Å². The third-order valence-electron chi connectivity index (χ3n) is 5.99. The van der Waals surface area contributed by atoms with Crippen molar-refractivity contribution in [3.05, 3.63) is 48.0 Å². The zero-order valence-electron chi connectivity index (χ0n) is 14.1. The number of methoxy groups -OCH3 is 1. The number of hydrogen-bond donors (Lipinski definition) is 1. The second kappa shape index (κ2) is 5.87. The summed E-state index contributed by atoms with van der Waals surface area (Å²) in [6.07, 6.45) is 1.06. The van der Waals surface area contributed by atoms with E-state index in [0.717, 1.165) is 6.42 Å². The molecule has 0 aliphatic carbocycles. The molecule has 126 valence electrons. The summed E-state index contributed by atoms with van der Waals surface area (Å²) in [5.41, 5.74) is 1.17. The highest BCUT2D eigenvalue weighted by Crippen LogP contribution is 2.47. The van der Waals surface area contributed by atoms with Crippen LogP contribution in [-0.4, -0.2) is 48.3 Å². The number of esters is 1. The molecule has 0 radical (unpaired) electrons. The Morgan fingerprint density at radius 3 is 2.62 bits per heavy atom. The predicted octanol–water partition coefficient (Wildman–Crippen LogP) is 2.55. The van der Waals surface area contributed by atoms with Gasteiger partial charge in [0.05, 0.1) is 19.1 Å². The van der Waals surface area contributed by atoms with E-state index in [1.807, 2.05) is 19.2 Å². The van der Waals surface area contributed by atoms with Crippen LogP contribution in [0, 0.1) is 5.92 Å². The standard InChI is InChI=1S/C20H23NO3/c1-21-16-10-15(19(20(23)24-2)17(21)11-18(16)22)14-8-7-12-5-3-4-6-13(12)9-14/h3-9,15-19,22H,10-11H2,1-2H3/t15-,16?,17?,18+,19+/m1/s1. The topological polar surface area (TPSA) is 49.8 Å². The molecule has 2 aromatic carbocycles. The molecule has 0 aromatic heterocycles. The molecule has 4 heteroatoms. The van der Waals surface area contributed by atoms with Crippen LogP contribution in [0.25, 0.3) is 10.8 Å². The normalized spacial score (nSPS) is 32.9. The van der Waals surface area contributed by atoms with Gasteiger partial charge in [0.2, 0.25) is 0 Å². The van der Waals surface area contributed by atoms with Gasteiger partial charge in [-0.1, -0.05) is 42.5 Å². The molecule has 0 amide bonds. The summed E-state index contributed by atoms with van der Waals surface area (Å²) < 4.78 is 5.12. The minimum absolute atomic E-state index is 0.0441. The van der Waals surface area contributed by atoms with Crippen molar-refractivity contribution >= 4 is 16.7 Å². The quantitative estimate of drug-likeness (QED) is 0.862. The van der Waals surface area contributed by atoms with Gasteiger partial charge in [-0.05, 0) is 36.2 Å². The van der Waals surface area contributed by atoms with Crippen LogP contribution in [0.15, 0.2) is 42.5 Å². The van der Waals surface area contributed by atoms with Crippen LogP contribution in [0.4, 0.5) is 0 Å². The summed E-state index contributed by atoms with van der Waals surface area (Å²) in [5, 5.41) is 12.8. The largest absolute Gasteiger partial charge is 0.469 e. The molecule has 2 heterocycles. The van der Waals surface area contributed by atoms with Gasteiger partial charge in [0, 0.05) is 18.0 Å². The van der Waals surface area contributed by atoms with Gasteiger partial charge in [-0.2, -0.15) is 0 Å². The lowest BCUT2D eigenvalue weighted by Gasteiger charge is -2.41. The van der Waals surface area contributed by atoms with E-state index in [4.69, 9.17) is 4.74 Å². The Morgan fingerprint density at radius 1 is 1.12 bits per heavy atom. The molecule has 2 unspecified atom stereocenters. The Morgan fingerprint density at radius 2 is 1.88 bits per heavy atom. The number of fused-ring (bicyclic) bond motifs is 3. The molecule has 4 rings (SSSR count). The summed E-state index contributed by atoms with van der Waals surface area (Å²) in [6.45, 7) is 0. The Labute approximate surface area is 142 Å². The van der Waals surface area contributed by atoms with Gasteiger partial charge in [-0.3, -0.25) is 9.69 Å². The molecule has 2 fully saturated rings. The lowest BCUT2D eigenvalue weighted by atomic mass is 9.76. The van der Waals surface area contributed by atoms with Crippen LogP contribution < -0.4 is 0 Å². The van der Waals surface area contributed by atoms with Crippen molar-refractivity contribution in [3.8, 4) is 0 Å². The first-order valence-electron chi connectivity index (χ1n) is 8.56. The van der Waals surface area contributed by atoms with Crippen molar-refractivity contribution in [2.75, 3.05) is 14.2 Å². The van der Waals surface area contributed by atoms with Crippen LogP contribution in [0.2, 0.25) is 0 Å². The predicted molar refractivity (Wildman–Crippen MR) is 92.8 cm³/mol. The van der Waals surface area contributed by atoms with Gasteiger partial charge in [-0.15, -0.1) is 0 Å². The van der Waals surface area contributed by atoms with Crippen molar-refractivity contribution in [2.45, 2.75) is 36.9 Å². The molecule has 5 atom stereocenters. The minimum Gasteiger partial charge on any atom is -0.469 e. The molecular formula is C20H23NO3. The molecule has 0 saturated carbocycles. The van der Waals surface area contributed by atoms with Crippen LogP contribution in [0.1, 0.15) is 24.3 Å². The number of benzene rings is 2. The average Bonchev–Trinajstić information content (AvgIpc) is 2.79. The maximum absolute atomic E-state index is 12.5. The van der Waals surface area contributed by atoms with Crippen LogP contribution >= 0.6 is 0 Å². The van der Waals surface area contributed by atoms with E-state index in [0.29, 0.717) is 6.42 Å². The van der Waals surface area contributed by atoms with Crippen molar-refractivity contribution in [2.24, 2.45) is 5.92 Å². The molecule has 1 N–H and O–H groups in total. The SMILES string of the molecule is COC(=O)[C@@H]1C2C[C@H](O)C(C[C@@H]1c1ccc3ccccc3c1)N2C. The molecule has 0 spiro atoms. The number of piperidine rings is 1. The number of nitrogens with zero attached hydrogens (tertiary/aromatic N) is 1. The maximum Gasteiger partial charge on any atom is 0.310 e. The van der Waals surface area contributed by atoms with Crippen LogP contribution in [0.5, 0.6) is 0 Å². The summed E-state index contributed by atoms with van der Waals surface area (Å²) >= 11 is 0. The van der Waals surface area contributed by atoms with Gasteiger partial charge >= 0.3 is 5.97 Å². The Balaban J connectivity index is 1.77. The molecule has 24 heavy (non-hydrogen) atoms. The second-order valence-electron chi connectivity index (χ2n) is 7.10. The molecule has 2 saturated heterocycles. The smallest absolute Gasteiger partial charge is 0.310 e. The molecular weight excluding hydrogens is 302 g/mol. The highest BCUT2D eigenvalue weighted by molar-refractivity contribution is 5.83. The number of aliphatic hydroxyl groups is 1. The number of ether oxygens (including phenoxy) is 1. The van der Waals surface area contributed by atoms with Gasteiger partial charge in [-0.25, -0.2) is 0 Å².